The van der Waals surface area contributed by atoms with E-state index in [-0.39, 0.29) is 5.60 Å². The summed E-state index contributed by atoms with van der Waals surface area (Å²) in [6, 6.07) is 9.32. The summed E-state index contributed by atoms with van der Waals surface area (Å²) < 4.78 is 5.99. The highest BCUT2D eigenvalue weighted by atomic mass is 16.5. The first-order valence-electron chi connectivity index (χ1n) is 6.87. The average molecular weight is 246 g/mol. The predicted octanol–water partition coefficient (Wildman–Crippen LogP) is 1.82. The number of hydrogen-bond acceptors (Lipinski definition) is 3. The first-order chi connectivity index (χ1) is 8.68. The number of fused-ring (bicyclic) bond motifs is 1. The lowest BCUT2D eigenvalue weighted by Gasteiger charge is -2.39. The van der Waals surface area contributed by atoms with Crippen molar-refractivity contribution in [3.8, 4) is 0 Å². The maximum absolute atomic E-state index is 5.99. The zero-order valence-corrected chi connectivity index (χ0v) is 11.3. The third-order valence-corrected chi connectivity index (χ3v) is 4.13. The lowest BCUT2D eigenvalue weighted by molar-refractivity contribution is -0.0635. The monoisotopic (exact) mass is 246 g/mol. The molecule has 1 aromatic carbocycles. The molecule has 0 saturated carbocycles. The Morgan fingerprint density at radius 1 is 1.39 bits per heavy atom. The van der Waals surface area contributed by atoms with E-state index in [2.05, 4.69) is 48.3 Å². The van der Waals surface area contributed by atoms with Crippen LogP contribution in [0.3, 0.4) is 0 Å². The molecule has 18 heavy (non-hydrogen) atoms. The Morgan fingerprint density at radius 3 is 2.89 bits per heavy atom. The van der Waals surface area contributed by atoms with Gasteiger partial charge in [-0.1, -0.05) is 18.2 Å². The molecule has 2 aliphatic heterocycles. The number of nitrogens with zero attached hydrogens (tertiary/aromatic N) is 1. The highest BCUT2D eigenvalue weighted by Gasteiger charge is 2.33. The van der Waals surface area contributed by atoms with Gasteiger partial charge in [0.05, 0.1) is 12.2 Å². The molecule has 3 rings (SSSR count). The van der Waals surface area contributed by atoms with E-state index in [1.165, 1.54) is 11.3 Å². The maximum Gasteiger partial charge on any atom is 0.0902 e. The lowest BCUT2D eigenvalue weighted by Crippen LogP contribution is -2.59. The summed E-state index contributed by atoms with van der Waals surface area (Å²) in [7, 11) is 0. The molecule has 0 bridgehead atoms. The molecule has 0 amide bonds. The van der Waals surface area contributed by atoms with Crippen molar-refractivity contribution in [2.45, 2.75) is 31.9 Å². The van der Waals surface area contributed by atoms with Crippen molar-refractivity contribution >= 4 is 5.69 Å². The van der Waals surface area contributed by atoms with Gasteiger partial charge in [0.2, 0.25) is 0 Å². The van der Waals surface area contributed by atoms with E-state index >= 15 is 0 Å². The second kappa shape index (κ2) is 4.56. The summed E-state index contributed by atoms with van der Waals surface area (Å²) >= 11 is 0. The molecule has 0 radical (unpaired) electrons. The van der Waals surface area contributed by atoms with Gasteiger partial charge in [-0.25, -0.2) is 0 Å². The number of ether oxygens (including phenoxy) is 1. The molecule has 1 aromatic rings. The lowest BCUT2D eigenvalue weighted by atomic mass is 10.0. The number of benzene rings is 1. The fraction of sp³-hybridized carbons (Fsp3) is 0.600. The van der Waals surface area contributed by atoms with Gasteiger partial charge in [0.15, 0.2) is 0 Å². The molecule has 3 heteroatoms. The van der Waals surface area contributed by atoms with Crippen LogP contribution in [0.4, 0.5) is 5.69 Å². The fourth-order valence-electron chi connectivity index (χ4n) is 2.94. The van der Waals surface area contributed by atoms with E-state index in [0.717, 1.165) is 32.7 Å². The molecule has 0 aromatic heterocycles. The molecule has 0 spiro atoms. The summed E-state index contributed by atoms with van der Waals surface area (Å²) in [5.41, 5.74) is 2.94. The smallest absolute Gasteiger partial charge is 0.0902 e. The van der Waals surface area contributed by atoms with Gasteiger partial charge in [0.1, 0.15) is 0 Å². The number of hydrogen-bond donors (Lipinski definition) is 1. The van der Waals surface area contributed by atoms with Crippen molar-refractivity contribution in [1.29, 1.82) is 0 Å². The Kier molecular flexibility index (Phi) is 3.04. The van der Waals surface area contributed by atoms with E-state index in [4.69, 9.17) is 4.74 Å². The first-order valence-corrected chi connectivity index (χ1v) is 6.87. The van der Waals surface area contributed by atoms with Crippen LogP contribution in [0.15, 0.2) is 24.3 Å². The van der Waals surface area contributed by atoms with Gasteiger partial charge in [-0.3, -0.25) is 0 Å². The van der Waals surface area contributed by atoms with Crippen LogP contribution in [0.25, 0.3) is 0 Å². The standard InChI is InChI=1S/C15H22N2O/c1-12-9-13-5-3-4-6-14(13)17(12)7-8-18-15(2)10-16-11-15/h3-6,12,16H,7-11H2,1-2H3. The van der Waals surface area contributed by atoms with Crippen LogP contribution >= 0.6 is 0 Å². The van der Waals surface area contributed by atoms with Gasteiger partial charge in [0, 0.05) is 31.4 Å². The Labute approximate surface area is 109 Å². The topological polar surface area (TPSA) is 24.5 Å². The van der Waals surface area contributed by atoms with E-state index < -0.39 is 0 Å². The summed E-state index contributed by atoms with van der Waals surface area (Å²) in [6.07, 6.45) is 1.16. The van der Waals surface area contributed by atoms with E-state index in [1.807, 2.05) is 0 Å². The largest absolute Gasteiger partial charge is 0.371 e. The van der Waals surface area contributed by atoms with Gasteiger partial charge < -0.3 is 15.0 Å². The summed E-state index contributed by atoms with van der Waals surface area (Å²) in [6.45, 7) is 8.26. The SMILES string of the molecule is CC1Cc2ccccc2N1CCOC1(C)CNC1. The summed E-state index contributed by atoms with van der Waals surface area (Å²) in [5.74, 6) is 0. The van der Waals surface area contributed by atoms with Crippen molar-refractivity contribution in [3.05, 3.63) is 29.8 Å². The molecular weight excluding hydrogens is 224 g/mol. The zero-order valence-electron chi connectivity index (χ0n) is 11.3. The van der Waals surface area contributed by atoms with Crippen molar-refractivity contribution in [2.24, 2.45) is 0 Å². The average Bonchev–Trinajstić information content (AvgIpc) is 2.64. The maximum atomic E-state index is 5.99. The molecule has 1 unspecified atom stereocenters. The van der Waals surface area contributed by atoms with Crippen LogP contribution in [0.5, 0.6) is 0 Å². The first kappa shape index (κ1) is 12.0. The normalized spacial score (nSPS) is 24.8. The minimum absolute atomic E-state index is 0.0719. The minimum Gasteiger partial charge on any atom is -0.371 e. The number of para-hydroxylation sites is 1. The van der Waals surface area contributed by atoms with Crippen LogP contribution < -0.4 is 10.2 Å². The van der Waals surface area contributed by atoms with E-state index in [1.54, 1.807) is 0 Å². The number of nitrogens with one attached hydrogen (secondary N) is 1. The summed E-state index contributed by atoms with van der Waals surface area (Å²) in [4.78, 5) is 2.48. The van der Waals surface area contributed by atoms with Crippen molar-refractivity contribution < 1.29 is 4.74 Å². The van der Waals surface area contributed by atoms with E-state index in [9.17, 15) is 0 Å². The highest BCUT2D eigenvalue weighted by molar-refractivity contribution is 5.59. The van der Waals surface area contributed by atoms with Gasteiger partial charge in [-0.2, -0.15) is 0 Å². The van der Waals surface area contributed by atoms with Gasteiger partial charge in [-0.15, -0.1) is 0 Å². The molecule has 1 N–H and O–H groups in total. The molecule has 1 fully saturated rings. The predicted molar refractivity (Wildman–Crippen MR) is 74.2 cm³/mol. The molecule has 2 aliphatic rings. The van der Waals surface area contributed by atoms with Gasteiger partial charge in [0.25, 0.3) is 0 Å². The van der Waals surface area contributed by atoms with Gasteiger partial charge >= 0.3 is 0 Å². The van der Waals surface area contributed by atoms with Crippen LogP contribution in [0.1, 0.15) is 19.4 Å². The van der Waals surface area contributed by atoms with Crippen LogP contribution in [0.2, 0.25) is 0 Å². The Balaban J connectivity index is 1.59. The molecule has 0 aliphatic carbocycles. The third-order valence-electron chi connectivity index (χ3n) is 4.13. The molecule has 3 nitrogen and oxygen atoms in total. The zero-order chi connectivity index (χ0) is 12.6. The fourth-order valence-corrected chi connectivity index (χ4v) is 2.94. The minimum atomic E-state index is 0.0719. The quantitative estimate of drug-likeness (QED) is 0.877. The molecule has 1 atom stereocenters. The van der Waals surface area contributed by atoms with Crippen LogP contribution in [-0.4, -0.2) is 37.9 Å². The highest BCUT2D eigenvalue weighted by Crippen LogP contribution is 2.31. The Bertz CT molecular complexity index is 428. The molecule has 98 valence electrons. The molecular formula is C15H22N2O. The second-order valence-electron chi connectivity index (χ2n) is 5.78. The second-order valence-corrected chi connectivity index (χ2v) is 5.78. The van der Waals surface area contributed by atoms with Gasteiger partial charge in [-0.05, 0) is 31.9 Å². The molecule has 1 saturated heterocycles. The summed E-state index contributed by atoms with van der Waals surface area (Å²) in [5, 5.41) is 3.27. The third kappa shape index (κ3) is 2.13. The van der Waals surface area contributed by atoms with Crippen molar-refractivity contribution in [1.82, 2.24) is 5.32 Å². The van der Waals surface area contributed by atoms with Crippen molar-refractivity contribution in [2.75, 3.05) is 31.1 Å². The number of rotatable bonds is 4. The molecule has 2 heterocycles. The Morgan fingerprint density at radius 2 is 2.17 bits per heavy atom. The van der Waals surface area contributed by atoms with Crippen LogP contribution in [-0.2, 0) is 11.2 Å². The van der Waals surface area contributed by atoms with Crippen LogP contribution in [0, 0.1) is 0 Å². The number of anilines is 1. The van der Waals surface area contributed by atoms with E-state index in [0.29, 0.717) is 6.04 Å². The van der Waals surface area contributed by atoms with Crippen molar-refractivity contribution in [3.63, 3.8) is 0 Å². The Hall–Kier alpha value is -1.06.